The first-order chi connectivity index (χ1) is 23.1. The summed E-state index contributed by atoms with van der Waals surface area (Å²) in [6.07, 6.45) is 3.91. The predicted octanol–water partition coefficient (Wildman–Crippen LogP) is 7.21. The number of para-hydroxylation sites is 1. The second kappa shape index (κ2) is 15.3. The van der Waals surface area contributed by atoms with Gasteiger partial charge in [-0.05, 0) is 76.1 Å². The fourth-order valence-corrected chi connectivity index (χ4v) is 6.99. The molecular formula is C37H36Cl2N2O6S. The molecule has 0 saturated carbocycles. The molecule has 0 unspecified atom stereocenters. The largest absolute Gasteiger partial charge is 0.493 e. The van der Waals surface area contributed by atoms with Crippen molar-refractivity contribution in [3.63, 3.8) is 0 Å². The Balaban J connectivity index is 1.63. The van der Waals surface area contributed by atoms with Gasteiger partial charge >= 0.3 is 5.97 Å². The summed E-state index contributed by atoms with van der Waals surface area (Å²) in [5, 5.41) is 1.03. The van der Waals surface area contributed by atoms with E-state index in [0.717, 1.165) is 11.1 Å². The molecular weight excluding hydrogens is 671 g/mol. The van der Waals surface area contributed by atoms with Gasteiger partial charge in [0.1, 0.15) is 18.4 Å². The molecule has 1 aliphatic heterocycles. The molecule has 3 aromatic carbocycles. The molecule has 1 aromatic heterocycles. The van der Waals surface area contributed by atoms with Gasteiger partial charge in [-0.2, -0.15) is 0 Å². The number of carbonyl (C=O) groups excluding carboxylic acids is 1. The molecule has 8 nitrogen and oxygen atoms in total. The lowest BCUT2D eigenvalue weighted by atomic mass is 9.95. The number of halogens is 2. The number of carbonyl (C=O) groups is 1. The summed E-state index contributed by atoms with van der Waals surface area (Å²) in [4.78, 5) is 32.8. The van der Waals surface area contributed by atoms with Crippen LogP contribution in [0.15, 0.2) is 88.3 Å². The van der Waals surface area contributed by atoms with Crippen LogP contribution in [0, 0.1) is 0 Å². The lowest BCUT2D eigenvalue weighted by Crippen LogP contribution is -2.40. The molecule has 0 amide bonds. The molecule has 0 aliphatic carbocycles. The second-order valence-corrected chi connectivity index (χ2v) is 13.1. The highest BCUT2D eigenvalue weighted by Crippen LogP contribution is 2.37. The highest BCUT2D eigenvalue weighted by Gasteiger charge is 2.35. The summed E-state index contributed by atoms with van der Waals surface area (Å²) in [5.41, 5.74) is 3.41. The third-order valence-electron chi connectivity index (χ3n) is 7.52. The minimum absolute atomic E-state index is 0.132. The van der Waals surface area contributed by atoms with Gasteiger partial charge in [0.25, 0.3) is 5.56 Å². The van der Waals surface area contributed by atoms with Gasteiger partial charge in [-0.15, -0.1) is 6.58 Å². The number of benzene rings is 3. The molecule has 0 radical (unpaired) electrons. The average molecular weight is 708 g/mol. The van der Waals surface area contributed by atoms with E-state index in [-0.39, 0.29) is 30.5 Å². The first-order valence-corrected chi connectivity index (χ1v) is 17.0. The fourth-order valence-electron chi connectivity index (χ4n) is 5.48. The number of esters is 1. The van der Waals surface area contributed by atoms with Crippen molar-refractivity contribution in [2.24, 2.45) is 4.99 Å². The van der Waals surface area contributed by atoms with E-state index < -0.39 is 12.0 Å². The van der Waals surface area contributed by atoms with Crippen LogP contribution in [0.25, 0.3) is 6.08 Å². The Morgan fingerprint density at radius 3 is 2.56 bits per heavy atom. The summed E-state index contributed by atoms with van der Waals surface area (Å²) < 4.78 is 25.5. The number of rotatable bonds is 12. The van der Waals surface area contributed by atoms with Crippen LogP contribution in [0.3, 0.4) is 0 Å². The second-order valence-electron chi connectivity index (χ2n) is 11.2. The lowest BCUT2D eigenvalue weighted by Gasteiger charge is -2.26. The number of aromatic nitrogens is 1. The summed E-state index contributed by atoms with van der Waals surface area (Å²) in [6, 6.07) is 15.6. The maximum Gasteiger partial charge on any atom is 0.338 e. The Labute approximate surface area is 293 Å². The zero-order valence-electron chi connectivity index (χ0n) is 27.3. The van der Waals surface area contributed by atoms with Crippen LogP contribution in [0.2, 0.25) is 10.0 Å². The number of hydrogen-bond donors (Lipinski definition) is 0. The Morgan fingerprint density at radius 2 is 1.88 bits per heavy atom. The van der Waals surface area contributed by atoms with E-state index in [0.29, 0.717) is 59.9 Å². The van der Waals surface area contributed by atoms with Gasteiger partial charge in [-0.25, -0.2) is 9.79 Å². The third-order valence-corrected chi connectivity index (χ3v) is 9.09. The van der Waals surface area contributed by atoms with Crippen molar-refractivity contribution >= 4 is 46.6 Å². The van der Waals surface area contributed by atoms with Crippen molar-refractivity contribution in [3.8, 4) is 17.2 Å². The van der Waals surface area contributed by atoms with Crippen molar-refractivity contribution in [2.75, 3.05) is 13.7 Å². The monoisotopic (exact) mass is 706 g/mol. The molecule has 11 heteroatoms. The Morgan fingerprint density at radius 1 is 1.10 bits per heavy atom. The number of ether oxygens (including phenoxy) is 4. The van der Waals surface area contributed by atoms with Gasteiger partial charge in [0.15, 0.2) is 16.3 Å². The highest BCUT2D eigenvalue weighted by atomic mass is 35.5. The zero-order valence-corrected chi connectivity index (χ0v) is 29.7. The van der Waals surface area contributed by atoms with Gasteiger partial charge < -0.3 is 18.9 Å². The summed E-state index contributed by atoms with van der Waals surface area (Å²) >= 11 is 13.7. The van der Waals surface area contributed by atoms with Gasteiger partial charge in [-0.1, -0.05) is 64.9 Å². The number of hydrogen-bond acceptors (Lipinski definition) is 8. The minimum atomic E-state index is -0.807. The van der Waals surface area contributed by atoms with Crippen LogP contribution < -0.4 is 29.1 Å². The zero-order chi connectivity index (χ0) is 34.5. The number of thiazole rings is 1. The van der Waals surface area contributed by atoms with E-state index in [1.165, 1.54) is 11.3 Å². The summed E-state index contributed by atoms with van der Waals surface area (Å²) in [7, 11) is 1.56. The van der Waals surface area contributed by atoms with Gasteiger partial charge in [0.2, 0.25) is 0 Å². The van der Waals surface area contributed by atoms with Crippen molar-refractivity contribution in [1.29, 1.82) is 0 Å². The van der Waals surface area contributed by atoms with E-state index in [9.17, 15) is 9.59 Å². The predicted molar refractivity (Wildman–Crippen MR) is 190 cm³/mol. The number of nitrogens with zero attached hydrogens (tertiary/aromatic N) is 2. The van der Waals surface area contributed by atoms with E-state index in [4.69, 9.17) is 47.1 Å². The molecule has 1 atom stereocenters. The van der Waals surface area contributed by atoms with Crippen LogP contribution in [0.1, 0.15) is 56.0 Å². The topological polar surface area (TPSA) is 88.4 Å². The summed E-state index contributed by atoms with van der Waals surface area (Å²) in [5.74, 6) is 1.06. The quantitative estimate of drug-likeness (QED) is 0.114. The molecule has 1 aliphatic rings. The molecule has 0 fully saturated rings. The molecule has 0 spiro atoms. The SMILES string of the molecule is C=CCc1cc(/C=c2/sc3n(c2=O)[C@H](c2ccccc2OC(C)C)C(C(=O)OCC)=C(C)N=3)cc(OC)c1OCc1ccc(Cl)cc1Cl. The third kappa shape index (κ3) is 7.38. The van der Waals surface area contributed by atoms with Gasteiger partial charge in [0.05, 0.1) is 35.6 Å². The van der Waals surface area contributed by atoms with Crippen LogP contribution in [-0.4, -0.2) is 30.4 Å². The smallest absolute Gasteiger partial charge is 0.338 e. The molecule has 250 valence electrons. The molecule has 0 saturated heterocycles. The standard InChI is InChI=1S/C37H36Cl2N2O6S/c1-7-11-24-16-23(17-30(44-6)34(24)46-20-25-14-15-26(38)19-28(25)39)18-31-35(42)41-33(27-12-9-10-13-29(27)47-21(3)4)32(36(43)45-8-2)22(5)40-37(41)48-31/h7,9-10,12-19,21,33H,1,8,11,20H2,2-6H3/b31-18+/t33-/m1/s1. The van der Waals surface area contributed by atoms with Crippen molar-refractivity contribution in [2.45, 2.75) is 52.9 Å². The average Bonchev–Trinajstić information content (AvgIpc) is 3.34. The van der Waals surface area contributed by atoms with Crippen molar-refractivity contribution in [3.05, 3.63) is 131 Å². The van der Waals surface area contributed by atoms with E-state index in [1.807, 2.05) is 56.3 Å². The van der Waals surface area contributed by atoms with Gasteiger partial charge in [0, 0.05) is 26.7 Å². The van der Waals surface area contributed by atoms with Crippen LogP contribution in [-0.2, 0) is 22.6 Å². The molecule has 5 rings (SSSR count). The van der Waals surface area contributed by atoms with E-state index >= 15 is 0 Å². The maximum absolute atomic E-state index is 14.3. The van der Waals surface area contributed by atoms with Crippen LogP contribution >= 0.6 is 34.5 Å². The maximum atomic E-state index is 14.3. The molecule has 4 aromatic rings. The Bertz CT molecular complexity index is 2080. The lowest BCUT2D eigenvalue weighted by molar-refractivity contribution is -0.139. The van der Waals surface area contributed by atoms with Crippen LogP contribution in [0.5, 0.6) is 17.2 Å². The molecule has 0 bridgehead atoms. The molecule has 0 N–H and O–H groups in total. The van der Waals surface area contributed by atoms with Gasteiger partial charge in [-0.3, -0.25) is 9.36 Å². The first kappa shape index (κ1) is 35.0. The number of fused-ring (bicyclic) bond motifs is 1. The van der Waals surface area contributed by atoms with E-state index in [1.54, 1.807) is 49.8 Å². The van der Waals surface area contributed by atoms with Crippen LogP contribution in [0.4, 0.5) is 0 Å². The normalized spacial score (nSPS) is 14.4. The number of methoxy groups -OCH3 is 1. The Kier molecular flexibility index (Phi) is 11.1. The Hall–Kier alpha value is -4.31. The molecule has 2 heterocycles. The fraction of sp³-hybridized carbons (Fsp3) is 0.270. The van der Waals surface area contributed by atoms with Crippen molar-refractivity contribution in [1.82, 2.24) is 4.57 Å². The van der Waals surface area contributed by atoms with E-state index in [2.05, 4.69) is 6.58 Å². The molecule has 48 heavy (non-hydrogen) atoms. The first-order valence-electron chi connectivity index (χ1n) is 15.4. The summed E-state index contributed by atoms with van der Waals surface area (Å²) in [6.45, 7) is 11.6. The highest BCUT2D eigenvalue weighted by molar-refractivity contribution is 7.07. The number of allylic oxidation sites excluding steroid dienone is 2. The van der Waals surface area contributed by atoms with Crippen molar-refractivity contribution < 1.29 is 23.7 Å². The minimum Gasteiger partial charge on any atom is -0.493 e.